The molecule has 2 atom stereocenters. The number of amides is 2. The number of rotatable bonds is 2. The summed E-state index contributed by atoms with van der Waals surface area (Å²) in [5.41, 5.74) is 6.52. The maximum Gasteiger partial charge on any atom is 0.320 e. The molecule has 190 valence electrons. The number of urea groups is 1. The molecular weight excluding hydrogens is 464 g/mol. The zero-order chi connectivity index (χ0) is 25.5. The Morgan fingerprint density at radius 2 is 1.89 bits per heavy atom. The van der Waals surface area contributed by atoms with Gasteiger partial charge in [0.2, 0.25) is 0 Å². The van der Waals surface area contributed by atoms with Gasteiger partial charge in [-0.15, -0.1) is 0 Å². The van der Waals surface area contributed by atoms with Gasteiger partial charge in [-0.3, -0.25) is 4.79 Å². The van der Waals surface area contributed by atoms with Crippen LogP contribution in [-0.2, 0) is 9.53 Å². The number of aromatic nitrogens is 2. The van der Waals surface area contributed by atoms with E-state index in [1.54, 1.807) is 0 Å². The molecule has 3 heterocycles. The molecule has 1 N–H and O–H groups in total. The van der Waals surface area contributed by atoms with Gasteiger partial charge in [0, 0.05) is 30.9 Å². The minimum absolute atomic E-state index is 0.0266. The number of hydrogen-bond acceptors (Lipinski definition) is 4. The van der Waals surface area contributed by atoms with Crippen LogP contribution < -0.4 is 0 Å². The van der Waals surface area contributed by atoms with Crippen molar-refractivity contribution in [3.8, 4) is 0 Å². The number of nitrogens with zero attached hydrogens (tertiary/aromatic N) is 3. The first kappa shape index (κ1) is 23.5. The van der Waals surface area contributed by atoms with E-state index in [0.717, 1.165) is 40.2 Å². The van der Waals surface area contributed by atoms with Gasteiger partial charge in [-0.1, -0.05) is 42.5 Å². The summed E-state index contributed by atoms with van der Waals surface area (Å²) in [6.45, 7) is 6.02. The molecule has 2 saturated heterocycles. The van der Waals surface area contributed by atoms with Crippen molar-refractivity contribution in [1.82, 2.24) is 19.8 Å². The monoisotopic (exact) mass is 496 g/mol. The van der Waals surface area contributed by atoms with Crippen LogP contribution in [0, 0.1) is 6.92 Å². The summed E-state index contributed by atoms with van der Waals surface area (Å²) in [7, 11) is 0. The molecule has 1 aliphatic carbocycles. The molecule has 0 spiro atoms. The Morgan fingerprint density at radius 3 is 2.73 bits per heavy atom. The number of fused-ring (bicyclic) bond motifs is 2. The van der Waals surface area contributed by atoms with Gasteiger partial charge < -0.3 is 19.5 Å². The van der Waals surface area contributed by atoms with Crippen molar-refractivity contribution in [3.63, 3.8) is 0 Å². The van der Waals surface area contributed by atoms with E-state index in [1.165, 1.54) is 11.1 Å². The van der Waals surface area contributed by atoms with Crippen molar-refractivity contribution >= 4 is 22.8 Å². The second kappa shape index (κ2) is 9.54. The SMILES string of the molecule is CC1=C2OCCN(C(=O)N3CCC(=O)CC3c3ccccc3)CC2=CC(c2ccc3nc(C)[nH]c3c2)C1. The Hall–Kier alpha value is -3.87. The van der Waals surface area contributed by atoms with Crippen molar-refractivity contribution in [1.29, 1.82) is 0 Å². The molecule has 0 bridgehead atoms. The van der Waals surface area contributed by atoms with Gasteiger partial charge in [0.25, 0.3) is 0 Å². The lowest BCUT2D eigenvalue weighted by molar-refractivity contribution is -0.122. The van der Waals surface area contributed by atoms with Crippen LogP contribution in [0.2, 0.25) is 0 Å². The first-order valence-corrected chi connectivity index (χ1v) is 13.1. The molecular formula is C30H32N4O3. The van der Waals surface area contributed by atoms with Gasteiger partial charge in [0.1, 0.15) is 24.0 Å². The smallest absolute Gasteiger partial charge is 0.320 e. The summed E-state index contributed by atoms with van der Waals surface area (Å²) >= 11 is 0. The van der Waals surface area contributed by atoms with E-state index in [2.05, 4.69) is 41.2 Å². The van der Waals surface area contributed by atoms with E-state index in [4.69, 9.17) is 4.74 Å². The molecule has 1 aromatic heterocycles. The van der Waals surface area contributed by atoms with Crippen LogP contribution in [0.1, 0.15) is 55.1 Å². The summed E-state index contributed by atoms with van der Waals surface area (Å²) in [5.74, 6) is 2.25. The van der Waals surface area contributed by atoms with Crippen LogP contribution in [-0.4, -0.2) is 57.8 Å². The number of benzene rings is 2. The Kier molecular flexibility index (Phi) is 6.07. The lowest BCUT2D eigenvalue weighted by atomic mass is 9.84. The van der Waals surface area contributed by atoms with Crippen molar-refractivity contribution in [3.05, 3.63) is 88.5 Å². The van der Waals surface area contributed by atoms with Crippen molar-refractivity contribution in [2.45, 2.75) is 45.1 Å². The molecule has 3 aliphatic rings. The predicted octanol–water partition coefficient (Wildman–Crippen LogP) is 5.42. The molecule has 2 fully saturated rings. The zero-order valence-corrected chi connectivity index (χ0v) is 21.4. The van der Waals surface area contributed by atoms with Crippen LogP contribution in [0.15, 0.2) is 71.5 Å². The number of aryl methyl sites for hydroxylation is 1. The highest BCUT2D eigenvalue weighted by molar-refractivity contribution is 5.84. The molecule has 2 aromatic carbocycles. The van der Waals surface area contributed by atoms with Crippen molar-refractivity contribution < 1.29 is 14.3 Å². The highest BCUT2D eigenvalue weighted by atomic mass is 16.5. The van der Waals surface area contributed by atoms with Crippen LogP contribution in [0.3, 0.4) is 0 Å². The Bertz CT molecular complexity index is 1420. The number of ketones is 1. The fraction of sp³-hybridized carbons (Fsp3) is 0.367. The number of H-pyrrole nitrogens is 1. The largest absolute Gasteiger partial charge is 0.491 e. The molecule has 2 aliphatic heterocycles. The third kappa shape index (κ3) is 4.54. The predicted molar refractivity (Wildman–Crippen MR) is 142 cm³/mol. The van der Waals surface area contributed by atoms with Gasteiger partial charge in [0.15, 0.2) is 0 Å². The van der Waals surface area contributed by atoms with Gasteiger partial charge in [0.05, 0.1) is 30.2 Å². The molecule has 7 nitrogen and oxygen atoms in total. The third-order valence-electron chi connectivity index (χ3n) is 7.76. The molecule has 37 heavy (non-hydrogen) atoms. The number of aromatic amines is 1. The number of carbonyl (C=O) groups excluding carboxylic acids is 2. The standard InChI is InChI=1S/C30H32N4O3/c1-19-14-23(22-8-9-26-27(16-22)32-20(2)31-26)15-24-18-33(12-13-37-29(19)24)30(36)34-11-10-25(35)17-28(34)21-6-4-3-5-7-21/h3-9,15-16,23,28H,10-14,17-18H2,1-2H3,(H,31,32). The van der Waals surface area contributed by atoms with E-state index in [9.17, 15) is 9.59 Å². The fourth-order valence-corrected chi connectivity index (χ4v) is 5.93. The van der Waals surface area contributed by atoms with Crippen LogP contribution >= 0.6 is 0 Å². The van der Waals surface area contributed by atoms with E-state index >= 15 is 0 Å². The van der Waals surface area contributed by atoms with E-state index in [-0.39, 0.29) is 23.8 Å². The quantitative estimate of drug-likeness (QED) is 0.514. The Balaban J connectivity index is 1.27. The Labute approximate surface area is 216 Å². The minimum atomic E-state index is -0.228. The van der Waals surface area contributed by atoms with Gasteiger partial charge in [-0.05, 0) is 49.1 Å². The normalized spacial score (nSPS) is 22.4. The highest BCUT2D eigenvalue weighted by Gasteiger charge is 2.36. The number of carbonyl (C=O) groups is 2. The summed E-state index contributed by atoms with van der Waals surface area (Å²) in [6, 6.07) is 16.1. The van der Waals surface area contributed by atoms with E-state index in [1.807, 2.05) is 47.1 Å². The number of nitrogens with one attached hydrogen (secondary N) is 1. The van der Waals surface area contributed by atoms with E-state index in [0.29, 0.717) is 39.1 Å². The van der Waals surface area contributed by atoms with Crippen LogP contribution in [0.25, 0.3) is 11.0 Å². The maximum atomic E-state index is 13.9. The van der Waals surface area contributed by atoms with E-state index < -0.39 is 0 Å². The molecule has 2 unspecified atom stereocenters. The summed E-state index contributed by atoms with van der Waals surface area (Å²) in [6.07, 6.45) is 3.93. The highest BCUT2D eigenvalue weighted by Crippen LogP contribution is 2.38. The Morgan fingerprint density at radius 1 is 1.05 bits per heavy atom. The summed E-state index contributed by atoms with van der Waals surface area (Å²) in [4.78, 5) is 37.9. The average Bonchev–Trinajstić information content (AvgIpc) is 3.14. The molecule has 2 amide bonds. The second-order valence-corrected chi connectivity index (χ2v) is 10.4. The molecule has 3 aromatic rings. The van der Waals surface area contributed by atoms with Crippen molar-refractivity contribution in [2.75, 3.05) is 26.2 Å². The number of piperidine rings is 1. The topological polar surface area (TPSA) is 78.5 Å². The van der Waals surface area contributed by atoms with Gasteiger partial charge in [-0.2, -0.15) is 0 Å². The number of likely N-dealkylation sites (tertiary alicyclic amines) is 1. The number of Topliss-reactive ketones (excluding diaryl/α,β-unsaturated/α-hetero) is 1. The average molecular weight is 497 g/mol. The molecule has 6 rings (SSSR count). The third-order valence-corrected chi connectivity index (χ3v) is 7.76. The lowest BCUT2D eigenvalue weighted by Gasteiger charge is -2.38. The molecule has 7 heteroatoms. The lowest BCUT2D eigenvalue weighted by Crippen LogP contribution is -2.49. The number of allylic oxidation sites excluding steroid dienone is 2. The van der Waals surface area contributed by atoms with Crippen molar-refractivity contribution in [2.24, 2.45) is 0 Å². The maximum absolute atomic E-state index is 13.9. The fourth-order valence-electron chi connectivity index (χ4n) is 5.93. The molecule has 0 saturated carbocycles. The number of ether oxygens (including phenoxy) is 1. The summed E-state index contributed by atoms with van der Waals surface area (Å²) < 4.78 is 6.20. The number of imidazole rings is 1. The first-order valence-electron chi connectivity index (χ1n) is 13.1. The van der Waals surface area contributed by atoms with Gasteiger partial charge in [-0.25, -0.2) is 9.78 Å². The minimum Gasteiger partial charge on any atom is -0.491 e. The second-order valence-electron chi connectivity index (χ2n) is 10.4. The summed E-state index contributed by atoms with van der Waals surface area (Å²) in [5, 5.41) is 0. The first-order chi connectivity index (χ1) is 18.0. The zero-order valence-electron chi connectivity index (χ0n) is 21.4. The van der Waals surface area contributed by atoms with Crippen LogP contribution in [0.4, 0.5) is 4.79 Å². The molecule has 0 radical (unpaired) electrons. The van der Waals surface area contributed by atoms with Crippen LogP contribution in [0.5, 0.6) is 0 Å². The van der Waals surface area contributed by atoms with Gasteiger partial charge >= 0.3 is 6.03 Å². The number of hydrogen-bond donors (Lipinski definition) is 1.